The van der Waals surface area contributed by atoms with Gasteiger partial charge in [0.2, 0.25) is 5.13 Å². The third-order valence-electron chi connectivity index (χ3n) is 4.72. The lowest BCUT2D eigenvalue weighted by Gasteiger charge is -2.06. The molecule has 10 nitrogen and oxygen atoms in total. The molecule has 4 rings (SSSR count). The SMILES string of the molecule is Cc1cc([N+](=O)[O-])nn1CC(C)c1nnc(Nc2ccn(Cc3c(F)cccc3Cl)n2)s1. The minimum Gasteiger partial charge on any atom is -0.358 e. The first kappa shape index (κ1) is 21.8. The molecule has 0 spiro atoms. The molecule has 0 bridgehead atoms. The van der Waals surface area contributed by atoms with Gasteiger partial charge in [0.15, 0.2) is 5.82 Å². The summed E-state index contributed by atoms with van der Waals surface area (Å²) in [5.41, 5.74) is 1.07. The Bertz CT molecular complexity index is 1250. The first-order valence-corrected chi connectivity index (χ1v) is 10.7. The Kier molecular flexibility index (Phi) is 6.15. The second-order valence-electron chi connectivity index (χ2n) is 7.15. The average molecular weight is 477 g/mol. The smallest absolute Gasteiger partial charge is 0.358 e. The lowest BCUT2D eigenvalue weighted by Crippen LogP contribution is -2.09. The van der Waals surface area contributed by atoms with Gasteiger partial charge >= 0.3 is 5.82 Å². The van der Waals surface area contributed by atoms with Gasteiger partial charge in [0.25, 0.3) is 0 Å². The maximum absolute atomic E-state index is 14.0. The second kappa shape index (κ2) is 9.01. The summed E-state index contributed by atoms with van der Waals surface area (Å²) in [6.07, 6.45) is 1.71. The van der Waals surface area contributed by atoms with Crippen LogP contribution in [0.25, 0.3) is 0 Å². The molecule has 3 heterocycles. The predicted molar refractivity (Wildman–Crippen MR) is 118 cm³/mol. The number of aryl methyl sites for hydroxylation is 1. The Hall–Kier alpha value is -3.38. The quantitative estimate of drug-likeness (QED) is 0.293. The first-order chi connectivity index (χ1) is 15.3. The number of rotatable bonds is 8. The lowest BCUT2D eigenvalue weighted by atomic mass is 10.2. The molecule has 166 valence electrons. The van der Waals surface area contributed by atoms with Crippen LogP contribution < -0.4 is 5.32 Å². The zero-order chi connectivity index (χ0) is 22.8. The average Bonchev–Trinajstić information content (AvgIpc) is 3.47. The standard InChI is InChI=1S/C19H18ClFN8O2S/c1-11(9-28-12(2)8-17(26-28)29(30)31)18-23-24-19(32-18)22-16-6-7-27(25-16)10-13-14(20)4-3-5-15(13)21/h3-8,11H,9-10H2,1-2H3,(H,22,24,25). The lowest BCUT2D eigenvalue weighted by molar-refractivity contribution is -0.389. The van der Waals surface area contributed by atoms with E-state index in [-0.39, 0.29) is 24.1 Å². The summed E-state index contributed by atoms with van der Waals surface area (Å²) < 4.78 is 17.2. The number of hydrogen-bond acceptors (Lipinski definition) is 8. The fourth-order valence-electron chi connectivity index (χ4n) is 3.06. The Morgan fingerprint density at radius 1 is 1.31 bits per heavy atom. The topological polar surface area (TPSA) is 117 Å². The van der Waals surface area contributed by atoms with Gasteiger partial charge in [0, 0.05) is 28.8 Å². The van der Waals surface area contributed by atoms with E-state index in [1.165, 1.54) is 23.5 Å². The van der Waals surface area contributed by atoms with Gasteiger partial charge in [-0.25, -0.2) is 4.39 Å². The van der Waals surface area contributed by atoms with Gasteiger partial charge in [0.1, 0.15) is 10.8 Å². The molecule has 3 aromatic heterocycles. The van der Waals surface area contributed by atoms with Crippen LogP contribution in [0.5, 0.6) is 0 Å². The number of nitrogens with zero attached hydrogens (tertiary/aromatic N) is 7. The van der Waals surface area contributed by atoms with Crippen LogP contribution in [0.3, 0.4) is 0 Å². The molecule has 0 amide bonds. The summed E-state index contributed by atoms with van der Waals surface area (Å²) >= 11 is 7.43. The summed E-state index contributed by atoms with van der Waals surface area (Å²) in [4.78, 5) is 10.4. The highest BCUT2D eigenvalue weighted by Crippen LogP contribution is 2.27. The van der Waals surface area contributed by atoms with Gasteiger partial charge in [-0.2, -0.15) is 9.78 Å². The number of nitrogens with one attached hydrogen (secondary N) is 1. The van der Waals surface area contributed by atoms with Crippen molar-refractivity contribution in [2.45, 2.75) is 32.9 Å². The Labute approximate surface area is 190 Å². The maximum atomic E-state index is 14.0. The molecule has 0 saturated heterocycles. The molecule has 0 aliphatic heterocycles. The molecule has 0 radical (unpaired) electrons. The molecule has 4 aromatic rings. The van der Waals surface area contributed by atoms with Gasteiger partial charge in [0.05, 0.1) is 29.9 Å². The predicted octanol–water partition coefficient (Wildman–Crippen LogP) is 4.54. The van der Waals surface area contributed by atoms with Crippen LogP contribution in [0.1, 0.15) is 29.1 Å². The molecule has 0 aliphatic carbocycles. The largest absolute Gasteiger partial charge is 0.390 e. The normalized spacial score (nSPS) is 12.1. The molecule has 0 aliphatic rings. The van der Waals surface area contributed by atoms with Crippen LogP contribution in [0, 0.1) is 22.9 Å². The van der Waals surface area contributed by atoms with Gasteiger partial charge in [-0.15, -0.1) is 10.2 Å². The van der Waals surface area contributed by atoms with Crippen molar-refractivity contribution in [3.63, 3.8) is 0 Å². The summed E-state index contributed by atoms with van der Waals surface area (Å²) in [5, 5.41) is 32.4. The molecule has 1 aromatic carbocycles. The Balaban J connectivity index is 1.41. The fourth-order valence-corrected chi connectivity index (χ4v) is 4.08. The van der Waals surface area contributed by atoms with Crippen molar-refractivity contribution in [3.8, 4) is 0 Å². The molecule has 0 saturated carbocycles. The molecule has 13 heteroatoms. The fraction of sp³-hybridized carbons (Fsp3) is 0.263. The number of nitro groups is 1. The van der Waals surface area contributed by atoms with Crippen LogP contribution in [0.15, 0.2) is 36.5 Å². The second-order valence-corrected chi connectivity index (χ2v) is 8.57. The van der Waals surface area contributed by atoms with Gasteiger partial charge < -0.3 is 15.4 Å². The van der Waals surface area contributed by atoms with E-state index < -0.39 is 4.92 Å². The monoisotopic (exact) mass is 476 g/mol. The van der Waals surface area contributed by atoms with Crippen LogP contribution in [-0.2, 0) is 13.1 Å². The van der Waals surface area contributed by atoms with Crippen molar-refractivity contribution in [1.29, 1.82) is 0 Å². The van der Waals surface area contributed by atoms with Gasteiger partial charge in [-0.05, 0) is 24.0 Å². The molecule has 0 fully saturated rings. The van der Waals surface area contributed by atoms with E-state index in [0.29, 0.717) is 33.8 Å². The maximum Gasteiger partial charge on any atom is 0.390 e. The molecular formula is C19H18ClFN8O2S. The van der Waals surface area contributed by atoms with Crippen LogP contribution in [-0.4, -0.2) is 34.7 Å². The molecule has 1 N–H and O–H groups in total. The summed E-state index contributed by atoms with van der Waals surface area (Å²) in [6.45, 7) is 4.35. The van der Waals surface area contributed by atoms with E-state index in [1.807, 2.05) is 6.92 Å². The number of hydrogen-bond donors (Lipinski definition) is 1. The first-order valence-electron chi connectivity index (χ1n) is 9.55. The summed E-state index contributed by atoms with van der Waals surface area (Å²) in [7, 11) is 0. The van der Waals surface area contributed by atoms with Crippen molar-refractivity contribution in [1.82, 2.24) is 29.8 Å². The van der Waals surface area contributed by atoms with Crippen molar-refractivity contribution in [2.75, 3.05) is 5.32 Å². The van der Waals surface area contributed by atoms with Crippen LogP contribution >= 0.6 is 22.9 Å². The van der Waals surface area contributed by atoms with E-state index in [4.69, 9.17) is 11.6 Å². The Morgan fingerprint density at radius 2 is 2.12 bits per heavy atom. The van der Waals surface area contributed by atoms with Gasteiger partial charge in [-0.3, -0.25) is 4.68 Å². The van der Waals surface area contributed by atoms with Crippen molar-refractivity contribution in [2.24, 2.45) is 0 Å². The van der Waals surface area contributed by atoms with Crippen LogP contribution in [0.4, 0.5) is 21.2 Å². The highest BCUT2D eigenvalue weighted by atomic mass is 35.5. The zero-order valence-corrected chi connectivity index (χ0v) is 18.6. The molecular weight excluding hydrogens is 459 g/mol. The summed E-state index contributed by atoms with van der Waals surface area (Å²) in [5.74, 6) is -0.0852. The van der Waals surface area contributed by atoms with E-state index in [2.05, 4.69) is 25.7 Å². The van der Waals surface area contributed by atoms with Crippen molar-refractivity contribution in [3.05, 3.63) is 73.7 Å². The third-order valence-corrected chi connectivity index (χ3v) is 6.15. The number of benzene rings is 1. The molecule has 32 heavy (non-hydrogen) atoms. The van der Waals surface area contributed by atoms with Crippen molar-refractivity contribution >= 4 is 39.7 Å². The molecule has 1 atom stereocenters. The van der Waals surface area contributed by atoms with E-state index in [1.54, 1.807) is 40.7 Å². The Morgan fingerprint density at radius 3 is 2.84 bits per heavy atom. The minimum atomic E-state index is -0.513. The molecule has 1 unspecified atom stereocenters. The minimum absolute atomic E-state index is 0.0537. The van der Waals surface area contributed by atoms with E-state index in [9.17, 15) is 14.5 Å². The highest BCUT2D eigenvalue weighted by Gasteiger charge is 2.20. The zero-order valence-electron chi connectivity index (χ0n) is 17.1. The van der Waals surface area contributed by atoms with Crippen LogP contribution in [0.2, 0.25) is 5.02 Å². The number of halogens is 2. The number of anilines is 2. The van der Waals surface area contributed by atoms with E-state index >= 15 is 0 Å². The van der Waals surface area contributed by atoms with Gasteiger partial charge in [-0.1, -0.05) is 35.9 Å². The van der Waals surface area contributed by atoms with Crippen molar-refractivity contribution < 1.29 is 9.31 Å². The third kappa shape index (κ3) is 4.75. The summed E-state index contributed by atoms with van der Waals surface area (Å²) in [6, 6.07) is 7.72. The highest BCUT2D eigenvalue weighted by molar-refractivity contribution is 7.15. The van der Waals surface area contributed by atoms with E-state index in [0.717, 1.165) is 5.01 Å². The number of aromatic nitrogens is 6.